The molecule has 0 aromatic heterocycles. The Kier molecular flexibility index (Phi) is 4.26. The minimum atomic E-state index is 0.487. The highest BCUT2D eigenvalue weighted by Crippen LogP contribution is 2.33. The molecule has 2 aliphatic rings. The summed E-state index contributed by atoms with van der Waals surface area (Å²) in [6.45, 7) is 8.99. The Balaban J connectivity index is 1.67. The van der Waals surface area contributed by atoms with Crippen LogP contribution in [-0.4, -0.2) is 25.3 Å². The summed E-state index contributed by atoms with van der Waals surface area (Å²) in [5, 5.41) is 3.70. The number of ether oxygens (including phenoxy) is 1. The maximum Gasteiger partial charge on any atom is 0.0639 e. The van der Waals surface area contributed by atoms with Gasteiger partial charge < -0.3 is 10.1 Å². The Morgan fingerprint density at radius 1 is 1.19 bits per heavy atom. The second kappa shape index (κ2) is 5.50. The van der Waals surface area contributed by atoms with Gasteiger partial charge in [0.2, 0.25) is 0 Å². The predicted molar refractivity (Wildman–Crippen MR) is 67.5 cm³/mol. The maximum absolute atomic E-state index is 5.81. The number of rotatable bonds is 6. The van der Waals surface area contributed by atoms with Crippen molar-refractivity contribution in [1.82, 2.24) is 5.32 Å². The van der Waals surface area contributed by atoms with Gasteiger partial charge >= 0.3 is 0 Å². The summed E-state index contributed by atoms with van der Waals surface area (Å²) in [5.74, 6) is 2.43. The fraction of sp³-hybridized carbons (Fsp3) is 1.00. The molecule has 94 valence electrons. The highest BCUT2D eigenvalue weighted by molar-refractivity contribution is 4.83. The van der Waals surface area contributed by atoms with Crippen LogP contribution in [0.2, 0.25) is 0 Å². The summed E-state index contributed by atoms with van der Waals surface area (Å²) in [6.07, 6.45) is 6.03. The minimum Gasteiger partial charge on any atom is -0.378 e. The first-order chi connectivity index (χ1) is 7.66. The summed E-state index contributed by atoms with van der Waals surface area (Å²) in [7, 11) is 0. The Hall–Kier alpha value is -0.0800. The first kappa shape index (κ1) is 12.4. The Labute approximate surface area is 100 Å². The normalized spacial score (nSPS) is 32.2. The molecule has 2 fully saturated rings. The molecule has 0 bridgehead atoms. The fourth-order valence-corrected chi connectivity index (χ4v) is 2.90. The van der Waals surface area contributed by atoms with Crippen LogP contribution in [0.3, 0.4) is 0 Å². The molecule has 2 heteroatoms. The largest absolute Gasteiger partial charge is 0.378 e. The van der Waals surface area contributed by atoms with Gasteiger partial charge in [-0.1, -0.05) is 26.7 Å². The first-order valence-electron chi connectivity index (χ1n) is 7.01. The van der Waals surface area contributed by atoms with Crippen LogP contribution in [0, 0.1) is 17.8 Å². The minimum absolute atomic E-state index is 0.487. The van der Waals surface area contributed by atoms with E-state index in [1.807, 2.05) is 0 Å². The lowest BCUT2D eigenvalue weighted by Gasteiger charge is -2.24. The molecule has 0 aromatic rings. The van der Waals surface area contributed by atoms with E-state index in [9.17, 15) is 0 Å². The molecule has 16 heavy (non-hydrogen) atoms. The number of nitrogens with one attached hydrogen (secondary N) is 1. The zero-order valence-corrected chi connectivity index (χ0v) is 11.0. The molecule has 2 rings (SSSR count). The standard InChI is InChI=1S/C14H27NO/c1-10(2)14-13(6-7-16-14)9-15-11(3)8-12-4-5-12/h10-15H,4-9H2,1-3H3. The van der Waals surface area contributed by atoms with Gasteiger partial charge in [0.1, 0.15) is 0 Å². The predicted octanol–water partition coefficient (Wildman–Crippen LogP) is 2.83. The van der Waals surface area contributed by atoms with Gasteiger partial charge in [0, 0.05) is 19.2 Å². The lowest BCUT2D eigenvalue weighted by molar-refractivity contribution is 0.0534. The van der Waals surface area contributed by atoms with Crippen LogP contribution in [0.25, 0.3) is 0 Å². The van der Waals surface area contributed by atoms with Crippen molar-refractivity contribution >= 4 is 0 Å². The lowest BCUT2D eigenvalue weighted by atomic mass is 9.92. The molecule has 3 atom stereocenters. The van der Waals surface area contributed by atoms with Gasteiger partial charge in [-0.05, 0) is 37.5 Å². The molecular formula is C14H27NO. The van der Waals surface area contributed by atoms with Gasteiger partial charge in [-0.25, -0.2) is 0 Å². The molecule has 1 N–H and O–H groups in total. The highest BCUT2D eigenvalue weighted by Gasteiger charge is 2.31. The Bertz CT molecular complexity index is 213. The summed E-state index contributed by atoms with van der Waals surface area (Å²) in [4.78, 5) is 0. The number of hydrogen-bond acceptors (Lipinski definition) is 2. The summed E-state index contributed by atoms with van der Waals surface area (Å²) >= 11 is 0. The second-order valence-corrected chi connectivity index (χ2v) is 6.12. The van der Waals surface area contributed by atoms with Crippen LogP contribution in [0.5, 0.6) is 0 Å². The third kappa shape index (κ3) is 3.46. The molecule has 1 saturated carbocycles. The van der Waals surface area contributed by atoms with Crippen molar-refractivity contribution in [1.29, 1.82) is 0 Å². The molecule has 1 aliphatic carbocycles. The van der Waals surface area contributed by atoms with Crippen LogP contribution in [0.1, 0.15) is 46.5 Å². The number of hydrogen-bond donors (Lipinski definition) is 1. The van der Waals surface area contributed by atoms with E-state index in [4.69, 9.17) is 4.74 Å². The lowest BCUT2D eigenvalue weighted by Crippen LogP contribution is -2.36. The molecule has 1 aliphatic heterocycles. The fourth-order valence-electron chi connectivity index (χ4n) is 2.90. The molecular weight excluding hydrogens is 198 g/mol. The van der Waals surface area contributed by atoms with E-state index in [2.05, 4.69) is 26.1 Å². The van der Waals surface area contributed by atoms with Gasteiger partial charge in [-0.15, -0.1) is 0 Å². The SMILES string of the molecule is CC(CC1CC1)NCC1CCOC1C(C)C. The van der Waals surface area contributed by atoms with E-state index in [0.717, 1.165) is 25.0 Å². The molecule has 0 aromatic carbocycles. The van der Waals surface area contributed by atoms with Crippen molar-refractivity contribution in [2.75, 3.05) is 13.2 Å². The molecule has 1 saturated heterocycles. The van der Waals surface area contributed by atoms with Crippen molar-refractivity contribution in [3.05, 3.63) is 0 Å². The Morgan fingerprint density at radius 3 is 2.56 bits per heavy atom. The average Bonchev–Trinajstić information content (AvgIpc) is 2.91. The molecule has 0 radical (unpaired) electrons. The van der Waals surface area contributed by atoms with Crippen LogP contribution < -0.4 is 5.32 Å². The van der Waals surface area contributed by atoms with E-state index < -0.39 is 0 Å². The van der Waals surface area contributed by atoms with Gasteiger partial charge in [0.25, 0.3) is 0 Å². The van der Waals surface area contributed by atoms with Crippen molar-refractivity contribution in [2.24, 2.45) is 17.8 Å². The monoisotopic (exact) mass is 225 g/mol. The highest BCUT2D eigenvalue weighted by atomic mass is 16.5. The first-order valence-corrected chi connectivity index (χ1v) is 7.01. The Morgan fingerprint density at radius 2 is 1.94 bits per heavy atom. The van der Waals surface area contributed by atoms with Crippen LogP contribution in [-0.2, 0) is 4.74 Å². The third-order valence-electron chi connectivity index (χ3n) is 4.03. The third-order valence-corrected chi connectivity index (χ3v) is 4.03. The van der Waals surface area contributed by atoms with Crippen LogP contribution in [0.4, 0.5) is 0 Å². The topological polar surface area (TPSA) is 21.3 Å². The summed E-state index contributed by atoms with van der Waals surface area (Å²) < 4.78 is 5.81. The molecule has 2 nitrogen and oxygen atoms in total. The van der Waals surface area contributed by atoms with Gasteiger partial charge in [0.05, 0.1) is 6.10 Å². The van der Waals surface area contributed by atoms with Gasteiger partial charge in [-0.3, -0.25) is 0 Å². The average molecular weight is 225 g/mol. The zero-order chi connectivity index (χ0) is 11.5. The van der Waals surface area contributed by atoms with E-state index in [-0.39, 0.29) is 0 Å². The van der Waals surface area contributed by atoms with Gasteiger partial charge in [0.15, 0.2) is 0 Å². The molecule has 0 amide bonds. The van der Waals surface area contributed by atoms with Crippen molar-refractivity contribution in [2.45, 2.75) is 58.6 Å². The summed E-state index contributed by atoms with van der Waals surface area (Å²) in [6, 6.07) is 0.695. The molecule has 1 heterocycles. The van der Waals surface area contributed by atoms with Crippen LogP contribution in [0.15, 0.2) is 0 Å². The van der Waals surface area contributed by atoms with Crippen LogP contribution >= 0.6 is 0 Å². The van der Waals surface area contributed by atoms with Crippen molar-refractivity contribution < 1.29 is 4.74 Å². The maximum atomic E-state index is 5.81. The molecule has 0 spiro atoms. The van der Waals surface area contributed by atoms with E-state index in [0.29, 0.717) is 18.1 Å². The van der Waals surface area contributed by atoms with Crippen molar-refractivity contribution in [3.63, 3.8) is 0 Å². The quantitative estimate of drug-likeness (QED) is 0.750. The summed E-state index contributed by atoms with van der Waals surface area (Å²) in [5.41, 5.74) is 0. The molecule has 3 unspecified atom stereocenters. The zero-order valence-electron chi connectivity index (χ0n) is 11.0. The van der Waals surface area contributed by atoms with Crippen molar-refractivity contribution in [3.8, 4) is 0 Å². The van der Waals surface area contributed by atoms with E-state index >= 15 is 0 Å². The smallest absolute Gasteiger partial charge is 0.0639 e. The van der Waals surface area contributed by atoms with E-state index in [1.165, 1.54) is 25.7 Å². The second-order valence-electron chi connectivity index (χ2n) is 6.12. The van der Waals surface area contributed by atoms with E-state index in [1.54, 1.807) is 0 Å². The van der Waals surface area contributed by atoms with Gasteiger partial charge in [-0.2, -0.15) is 0 Å².